The number of carbonyl (C=O) groups is 2. The van der Waals surface area contributed by atoms with Gasteiger partial charge >= 0.3 is 12.0 Å². The van der Waals surface area contributed by atoms with E-state index in [1.165, 1.54) is 4.90 Å². The number of aryl methyl sites for hydroxylation is 2. The van der Waals surface area contributed by atoms with Gasteiger partial charge in [0.15, 0.2) is 0 Å². The molecular weight excluding hydrogens is 280 g/mol. The Balaban J connectivity index is 3.12. The van der Waals surface area contributed by atoms with Crippen molar-refractivity contribution in [2.75, 3.05) is 18.5 Å². The Labute approximate surface area is 132 Å². The van der Waals surface area contributed by atoms with Crippen LogP contribution in [-0.2, 0) is 4.74 Å². The standard InChI is InChI=1S/C17H26N2O3/c1-8-18-16(21)19(7)13-9-11(2)14(12(3)10-13)15(20)22-17(4,5)6/h9-10H,8H2,1-7H3,(H,18,21). The third kappa shape index (κ3) is 4.48. The Morgan fingerprint density at radius 2 is 1.68 bits per heavy atom. The molecule has 0 unspecified atom stereocenters. The molecule has 5 nitrogen and oxygen atoms in total. The van der Waals surface area contributed by atoms with Gasteiger partial charge in [-0.1, -0.05) is 0 Å². The van der Waals surface area contributed by atoms with Crippen LogP contribution in [0.25, 0.3) is 0 Å². The molecule has 0 saturated heterocycles. The van der Waals surface area contributed by atoms with Crippen molar-refractivity contribution in [3.8, 4) is 0 Å². The lowest BCUT2D eigenvalue weighted by Gasteiger charge is -2.23. The minimum absolute atomic E-state index is 0.175. The third-order valence-electron chi connectivity index (χ3n) is 3.14. The Hall–Kier alpha value is -2.04. The van der Waals surface area contributed by atoms with E-state index in [1.807, 2.05) is 53.7 Å². The van der Waals surface area contributed by atoms with Crippen LogP contribution < -0.4 is 10.2 Å². The van der Waals surface area contributed by atoms with Gasteiger partial charge in [0.1, 0.15) is 5.60 Å². The van der Waals surface area contributed by atoms with Crippen LogP contribution in [0.4, 0.5) is 10.5 Å². The van der Waals surface area contributed by atoms with Gasteiger partial charge in [-0.25, -0.2) is 9.59 Å². The van der Waals surface area contributed by atoms with E-state index in [0.29, 0.717) is 12.1 Å². The van der Waals surface area contributed by atoms with Crippen LogP contribution in [0, 0.1) is 13.8 Å². The van der Waals surface area contributed by atoms with Crippen LogP contribution in [0.15, 0.2) is 12.1 Å². The normalized spacial score (nSPS) is 11.0. The van der Waals surface area contributed by atoms with Crippen molar-refractivity contribution < 1.29 is 14.3 Å². The number of nitrogens with zero attached hydrogens (tertiary/aromatic N) is 1. The largest absolute Gasteiger partial charge is 0.456 e. The summed E-state index contributed by atoms with van der Waals surface area (Å²) in [7, 11) is 1.70. The lowest BCUT2D eigenvalue weighted by atomic mass is 10.0. The molecule has 0 bridgehead atoms. The number of benzene rings is 1. The fourth-order valence-electron chi connectivity index (χ4n) is 2.17. The number of urea groups is 1. The highest BCUT2D eigenvalue weighted by Gasteiger charge is 2.22. The Morgan fingerprint density at radius 1 is 1.18 bits per heavy atom. The van der Waals surface area contributed by atoms with Crippen LogP contribution in [0.5, 0.6) is 0 Å². The molecule has 122 valence electrons. The van der Waals surface area contributed by atoms with E-state index in [-0.39, 0.29) is 12.0 Å². The third-order valence-corrected chi connectivity index (χ3v) is 3.14. The van der Waals surface area contributed by atoms with Crippen LogP contribution >= 0.6 is 0 Å². The quantitative estimate of drug-likeness (QED) is 0.870. The smallest absolute Gasteiger partial charge is 0.339 e. The second-order valence-corrected chi connectivity index (χ2v) is 6.35. The first kappa shape index (κ1) is 18.0. The van der Waals surface area contributed by atoms with Gasteiger partial charge in [-0.2, -0.15) is 0 Å². The summed E-state index contributed by atoms with van der Waals surface area (Å²) in [5.74, 6) is -0.338. The first-order valence-electron chi connectivity index (χ1n) is 7.43. The molecule has 1 aromatic carbocycles. The van der Waals surface area contributed by atoms with Crippen molar-refractivity contribution in [1.29, 1.82) is 0 Å². The number of rotatable bonds is 3. The number of esters is 1. The number of amides is 2. The molecular formula is C17H26N2O3. The highest BCUT2D eigenvalue weighted by atomic mass is 16.6. The molecule has 1 aromatic rings. The molecule has 22 heavy (non-hydrogen) atoms. The summed E-state index contributed by atoms with van der Waals surface area (Å²) >= 11 is 0. The van der Waals surface area contributed by atoms with Crippen molar-refractivity contribution in [1.82, 2.24) is 5.32 Å². The van der Waals surface area contributed by atoms with Crippen molar-refractivity contribution in [3.05, 3.63) is 28.8 Å². The van der Waals surface area contributed by atoms with Gasteiger partial charge in [-0.3, -0.25) is 4.90 Å². The lowest BCUT2D eigenvalue weighted by Crippen LogP contribution is -2.37. The van der Waals surface area contributed by atoms with E-state index in [4.69, 9.17) is 4.74 Å². The molecule has 0 atom stereocenters. The topological polar surface area (TPSA) is 58.6 Å². The fourth-order valence-corrected chi connectivity index (χ4v) is 2.17. The van der Waals surface area contributed by atoms with Crippen LogP contribution in [-0.4, -0.2) is 31.2 Å². The van der Waals surface area contributed by atoms with E-state index in [9.17, 15) is 9.59 Å². The van der Waals surface area contributed by atoms with E-state index in [2.05, 4.69) is 5.32 Å². The summed E-state index contributed by atoms with van der Waals surface area (Å²) < 4.78 is 5.44. The molecule has 0 aliphatic heterocycles. The van der Waals surface area contributed by atoms with E-state index >= 15 is 0 Å². The molecule has 0 fully saturated rings. The highest BCUT2D eigenvalue weighted by molar-refractivity contribution is 5.96. The number of nitrogens with one attached hydrogen (secondary N) is 1. The highest BCUT2D eigenvalue weighted by Crippen LogP contribution is 2.24. The molecule has 2 amide bonds. The minimum atomic E-state index is -0.535. The molecule has 1 N–H and O–H groups in total. The molecule has 0 spiro atoms. The molecule has 1 rings (SSSR count). The summed E-state index contributed by atoms with van der Waals surface area (Å²) in [4.78, 5) is 25.7. The summed E-state index contributed by atoms with van der Waals surface area (Å²) in [6, 6.07) is 3.47. The Bertz CT molecular complexity index is 551. The van der Waals surface area contributed by atoms with Crippen molar-refractivity contribution in [3.63, 3.8) is 0 Å². The van der Waals surface area contributed by atoms with E-state index < -0.39 is 5.60 Å². The maximum absolute atomic E-state index is 12.3. The Morgan fingerprint density at radius 3 is 2.09 bits per heavy atom. The van der Waals surface area contributed by atoms with Gasteiger partial charge in [-0.05, 0) is 64.8 Å². The van der Waals surface area contributed by atoms with E-state index in [0.717, 1.165) is 16.8 Å². The Kier molecular flexibility index (Phi) is 5.58. The number of hydrogen-bond donors (Lipinski definition) is 1. The average Bonchev–Trinajstić information content (AvgIpc) is 2.34. The van der Waals surface area contributed by atoms with Gasteiger partial charge < -0.3 is 10.1 Å². The van der Waals surface area contributed by atoms with Gasteiger partial charge in [0.2, 0.25) is 0 Å². The summed E-state index contributed by atoms with van der Waals surface area (Å²) in [6.45, 7) is 11.7. The van der Waals surface area contributed by atoms with Crippen LogP contribution in [0.2, 0.25) is 0 Å². The molecule has 0 radical (unpaired) electrons. The monoisotopic (exact) mass is 306 g/mol. The van der Waals surface area contributed by atoms with Gasteiger partial charge in [-0.15, -0.1) is 0 Å². The molecule has 0 aliphatic carbocycles. The van der Waals surface area contributed by atoms with Gasteiger partial charge in [0.25, 0.3) is 0 Å². The molecule has 0 aliphatic rings. The number of anilines is 1. The average molecular weight is 306 g/mol. The maximum Gasteiger partial charge on any atom is 0.339 e. The number of ether oxygens (including phenoxy) is 1. The van der Waals surface area contributed by atoms with Crippen molar-refractivity contribution >= 4 is 17.7 Å². The molecule has 0 saturated carbocycles. The predicted molar refractivity (Wildman–Crippen MR) is 88.6 cm³/mol. The molecule has 0 heterocycles. The zero-order valence-electron chi connectivity index (χ0n) is 14.5. The number of hydrogen-bond acceptors (Lipinski definition) is 3. The zero-order valence-corrected chi connectivity index (χ0v) is 14.5. The number of carbonyl (C=O) groups excluding carboxylic acids is 2. The second-order valence-electron chi connectivity index (χ2n) is 6.35. The second kappa shape index (κ2) is 6.81. The van der Waals surface area contributed by atoms with Crippen molar-refractivity contribution in [2.45, 2.75) is 47.1 Å². The summed E-state index contributed by atoms with van der Waals surface area (Å²) in [5.41, 5.74) is 2.35. The maximum atomic E-state index is 12.3. The summed E-state index contributed by atoms with van der Waals surface area (Å²) in [5, 5.41) is 2.75. The lowest BCUT2D eigenvalue weighted by molar-refractivity contribution is 0.00680. The molecule has 0 aromatic heterocycles. The van der Waals surface area contributed by atoms with Crippen molar-refractivity contribution in [2.24, 2.45) is 0 Å². The minimum Gasteiger partial charge on any atom is -0.456 e. The van der Waals surface area contributed by atoms with Gasteiger partial charge in [0, 0.05) is 19.3 Å². The fraction of sp³-hybridized carbons (Fsp3) is 0.529. The molecule has 5 heteroatoms. The van der Waals surface area contributed by atoms with E-state index in [1.54, 1.807) is 7.05 Å². The van der Waals surface area contributed by atoms with Gasteiger partial charge in [0.05, 0.1) is 5.56 Å². The SMILES string of the molecule is CCNC(=O)N(C)c1cc(C)c(C(=O)OC(C)(C)C)c(C)c1. The summed E-state index contributed by atoms with van der Waals surface area (Å²) in [6.07, 6.45) is 0. The first-order valence-corrected chi connectivity index (χ1v) is 7.43. The first-order chi connectivity index (χ1) is 10.1. The zero-order chi connectivity index (χ0) is 17.1. The van der Waals surface area contributed by atoms with Crippen LogP contribution in [0.3, 0.4) is 0 Å². The predicted octanol–water partition coefficient (Wildman–Crippen LogP) is 3.42. The van der Waals surface area contributed by atoms with Crippen LogP contribution in [0.1, 0.15) is 49.2 Å².